The molecule has 21 heavy (non-hydrogen) atoms. The molecule has 1 saturated carbocycles. The molecular formula is C19H24N2. The van der Waals surface area contributed by atoms with Gasteiger partial charge in [-0.1, -0.05) is 24.6 Å². The summed E-state index contributed by atoms with van der Waals surface area (Å²) in [5, 5.41) is 4.48. The van der Waals surface area contributed by atoms with Crippen molar-refractivity contribution in [2.75, 3.05) is 0 Å². The molecule has 0 amide bonds. The Morgan fingerprint density at radius 1 is 1.14 bits per heavy atom. The van der Waals surface area contributed by atoms with Gasteiger partial charge >= 0.3 is 0 Å². The molecule has 0 atom stereocenters. The van der Waals surface area contributed by atoms with E-state index in [1.807, 2.05) is 23.9 Å². The van der Waals surface area contributed by atoms with Crippen molar-refractivity contribution in [1.82, 2.24) is 9.78 Å². The highest BCUT2D eigenvalue weighted by Crippen LogP contribution is 2.29. The van der Waals surface area contributed by atoms with Crippen LogP contribution in [-0.4, -0.2) is 9.78 Å². The fraction of sp³-hybridized carbons (Fsp3) is 0.421. The molecule has 0 aliphatic heterocycles. The van der Waals surface area contributed by atoms with Gasteiger partial charge in [0, 0.05) is 6.20 Å². The zero-order valence-corrected chi connectivity index (χ0v) is 13.3. The first-order valence-electron chi connectivity index (χ1n) is 7.94. The summed E-state index contributed by atoms with van der Waals surface area (Å²) >= 11 is 0. The molecule has 2 nitrogen and oxygen atoms in total. The average Bonchev–Trinajstić information content (AvgIpc) is 2.90. The fourth-order valence-electron chi connectivity index (χ4n) is 3.02. The van der Waals surface area contributed by atoms with Crippen LogP contribution in [0.4, 0.5) is 0 Å². The van der Waals surface area contributed by atoms with E-state index in [-0.39, 0.29) is 0 Å². The van der Waals surface area contributed by atoms with Gasteiger partial charge in [0.1, 0.15) is 0 Å². The largest absolute Gasteiger partial charge is 0.241 e. The molecule has 1 aliphatic rings. The van der Waals surface area contributed by atoms with E-state index in [9.17, 15) is 0 Å². The van der Waals surface area contributed by atoms with Crippen LogP contribution in [0, 0.1) is 19.8 Å². The Bertz CT molecular complexity index is 654. The lowest BCUT2D eigenvalue weighted by Gasteiger charge is -2.20. The van der Waals surface area contributed by atoms with E-state index in [1.165, 1.54) is 36.8 Å². The first-order chi connectivity index (χ1) is 10.1. The summed E-state index contributed by atoms with van der Waals surface area (Å²) < 4.78 is 1.95. The maximum atomic E-state index is 4.48. The molecule has 1 aromatic carbocycles. The van der Waals surface area contributed by atoms with Gasteiger partial charge in [-0.3, -0.25) is 0 Å². The van der Waals surface area contributed by atoms with Crippen LogP contribution in [0.25, 0.3) is 11.8 Å². The van der Waals surface area contributed by atoms with Gasteiger partial charge in [-0.15, -0.1) is 0 Å². The number of rotatable bonds is 2. The molecule has 0 spiro atoms. The quantitative estimate of drug-likeness (QED) is 0.750. The van der Waals surface area contributed by atoms with Crippen LogP contribution in [0.2, 0.25) is 0 Å². The van der Waals surface area contributed by atoms with Crippen LogP contribution in [0.15, 0.2) is 36.0 Å². The van der Waals surface area contributed by atoms with E-state index >= 15 is 0 Å². The number of aromatic nitrogens is 2. The zero-order valence-electron chi connectivity index (χ0n) is 13.3. The summed E-state index contributed by atoms with van der Waals surface area (Å²) in [7, 11) is 0. The maximum absolute atomic E-state index is 4.48. The summed E-state index contributed by atoms with van der Waals surface area (Å²) in [6.07, 6.45) is 9.64. The van der Waals surface area contributed by atoms with E-state index in [4.69, 9.17) is 0 Å². The minimum absolute atomic E-state index is 0.897. The van der Waals surface area contributed by atoms with Crippen molar-refractivity contribution < 1.29 is 0 Å². The van der Waals surface area contributed by atoms with Crippen LogP contribution in [0.3, 0.4) is 0 Å². The molecule has 0 bridgehead atoms. The van der Waals surface area contributed by atoms with E-state index in [1.54, 1.807) is 5.57 Å². The third-order valence-corrected chi connectivity index (χ3v) is 4.52. The van der Waals surface area contributed by atoms with E-state index in [0.717, 1.165) is 17.3 Å². The van der Waals surface area contributed by atoms with Crippen molar-refractivity contribution >= 4 is 6.08 Å². The van der Waals surface area contributed by atoms with Crippen molar-refractivity contribution in [1.29, 1.82) is 0 Å². The summed E-state index contributed by atoms with van der Waals surface area (Å²) in [5.74, 6) is 0.897. The van der Waals surface area contributed by atoms with E-state index in [2.05, 4.69) is 43.2 Å². The lowest BCUT2D eigenvalue weighted by molar-refractivity contribution is 0.446. The highest BCUT2D eigenvalue weighted by molar-refractivity contribution is 5.59. The summed E-state index contributed by atoms with van der Waals surface area (Å²) in [6.45, 7) is 6.58. The number of aryl methyl sites for hydroxylation is 2. The van der Waals surface area contributed by atoms with Crippen molar-refractivity contribution in [3.63, 3.8) is 0 Å². The van der Waals surface area contributed by atoms with Gasteiger partial charge in [-0.25, -0.2) is 4.68 Å². The molecule has 2 aromatic rings. The van der Waals surface area contributed by atoms with Crippen LogP contribution < -0.4 is 0 Å². The standard InChI is InChI=1S/C19H24N2/c1-14-4-6-17(7-5-14)13-18-8-9-19(12-15(18)2)21-11-10-16(3)20-21/h8-14H,4-7H2,1-3H3. The molecule has 1 fully saturated rings. The van der Waals surface area contributed by atoms with Crippen molar-refractivity contribution in [3.05, 3.63) is 52.9 Å². The minimum Gasteiger partial charge on any atom is -0.241 e. The molecular weight excluding hydrogens is 256 g/mol. The predicted octanol–water partition coefficient (Wildman–Crippen LogP) is 5.08. The van der Waals surface area contributed by atoms with Gasteiger partial charge in [-0.2, -0.15) is 5.10 Å². The highest BCUT2D eigenvalue weighted by Gasteiger charge is 2.12. The molecule has 1 heterocycles. The number of hydrogen-bond acceptors (Lipinski definition) is 1. The second-order valence-corrected chi connectivity index (χ2v) is 6.43. The van der Waals surface area contributed by atoms with E-state index < -0.39 is 0 Å². The lowest BCUT2D eigenvalue weighted by Crippen LogP contribution is -2.04. The smallest absolute Gasteiger partial charge is 0.0648 e. The number of benzene rings is 1. The van der Waals surface area contributed by atoms with Gasteiger partial charge in [0.15, 0.2) is 0 Å². The fourth-order valence-corrected chi connectivity index (χ4v) is 3.02. The molecule has 110 valence electrons. The summed E-state index contributed by atoms with van der Waals surface area (Å²) in [6, 6.07) is 8.66. The molecule has 3 rings (SSSR count). The van der Waals surface area contributed by atoms with Gasteiger partial charge in [0.2, 0.25) is 0 Å². The molecule has 0 saturated heterocycles. The average molecular weight is 280 g/mol. The summed E-state index contributed by atoms with van der Waals surface area (Å²) in [5.41, 5.74) is 6.48. The first-order valence-corrected chi connectivity index (χ1v) is 7.94. The lowest BCUT2D eigenvalue weighted by atomic mass is 9.86. The topological polar surface area (TPSA) is 17.8 Å². The van der Waals surface area contributed by atoms with Crippen molar-refractivity contribution in [2.24, 2.45) is 5.92 Å². The molecule has 0 N–H and O–H groups in total. The molecule has 0 radical (unpaired) electrons. The number of hydrogen-bond donors (Lipinski definition) is 0. The van der Waals surface area contributed by atoms with Crippen LogP contribution in [0.5, 0.6) is 0 Å². The minimum atomic E-state index is 0.897. The Kier molecular flexibility index (Phi) is 3.96. The van der Waals surface area contributed by atoms with E-state index in [0.29, 0.717) is 0 Å². The number of allylic oxidation sites excluding steroid dienone is 1. The van der Waals surface area contributed by atoms with Crippen LogP contribution in [0.1, 0.15) is 49.4 Å². The van der Waals surface area contributed by atoms with Gasteiger partial charge in [-0.05, 0) is 74.8 Å². The Hall–Kier alpha value is -1.83. The van der Waals surface area contributed by atoms with Crippen molar-refractivity contribution in [3.8, 4) is 5.69 Å². The summed E-state index contributed by atoms with van der Waals surface area (Å²) in [4.78, 5) is 0. The van der Waals surface area contributed by atoms with Crippen LogP contribution >= 0.6 is 0 Å². The van der Waals surface area contributed by atoms with Gasteiger partial charge in [0.05, 0.1) is 11.4 Å². The Balaban J connectivity index is 1.83. The Morgan fingerprint density at radius 3 is 2.52 bits per heavy atom. The Morgan fingerprint density at radius 2 is 1.90 bits per heavy atom. The Labute approximate surface area is 127 Å². The second kappa shape index (κ2) is 5.88. The monoisotopic (exact) mass is 280 g/mol. The molecule has 2 heteroatoms. The van der Waals surface area contributed by atoms with Crippen molar-refractivity contribution in [2.45, 2.75) is 46.5 Å². The predicted molar refractivity (Wildman–Crippen MR) is 88.6 cm³/mol. The molecule has 1 aromatic heterocycles. The number of nitrogens with zero attached hydrogens (tertiary/aromatic N) is 2. The zero-order chi connectivity index (χ0) is 14.8. The van der Waals surface area contributed by atoms with Crippen LogP contribution in [-0.2, 0) is 0 Å². The molecule has 1 aliphatic carbocycles. The van der Waals surface area contributed by atoms with Gasteiger partial charge in [0.25, 0.3) is 0 Å². The third-order valence-electron chi connectivity index (χ3n) is 4.52. The first kappa shape index (κ1) is 14.1. The third kappa shape index (κ3) is 3.26. The maximum Gasteiger partial charge on any atom is 0.0648 e. The second-order valence-electron chi connectivity index (χ2n) is 6.43. The normalized spacial score (nSPS) is 18.8. The highest BCUT2D eigenvalue weighted by atomic mass is 15.3. The molecule has 0 unspecified atom stereocenters. The van der Waals surface area contributed by atoms with Gasteiger partial charge < -0.3 is 0 Å². The SMILES string of the molecule is Cc1ccn(-c2ccc(C=C3CCC(C)CC3)c(C)c2)n1.